The first-order valence-corrected chi connectivity index (χ1v) is 5.93. The minimum atomic E-state index is -0.262. The van der Waals surface area contributed by atoms with Gasteiger partial charge in [-0.2, -0.15) is 5.10 Å². The Hall–Kier alpha value is -1.81. The molecule has 1 heterocycles. The second-order valence-corrected chi connectivity index (χ2v) is 4.59. The maximum atomic E-state index is 6.30. The third-order valence-corrected chi connectivity index (χ3v) is 3.08. The second-order valence-electron chi connectivity index (χ2n) is 4.59. The van der Waals surface area contributed by atoms with Gasteiger partial charge in [0.15, 0.2) is 0 Å². The fourth-order valence-electron chi connectivity index (χ4n) is 2.25. The molecular weight excluding hydrogens is 226 g/mol. The summed E-state index contributed by atoms with van der Waals surface area (Å²) in [6.45, 7) is 4.10. The van der Waals surface area contributed by atoms with Gasteiger partial charge in [0.1, 0.15) is 5.75 Å². The van der Waals surface area contributed by atoms with Crippen molar-refractivity contribution in [3.05, 3.63) is 46.8 Å². The van der Waals surface area contributed by atoms with Gasteiger partial charge in [-0.1, -0.05) is 6.07 Å². The molecule has 0 saturated heterocycles. The number of methoxy groups -OCH3 is 1. The van der Waals surface area contributed by atoms with Crippen LogP contribution in [-0.4, -0.2) is 16.9 Å². The van der Waals surface area contributed by atoms with E-state index in [1.807, 2.05) is 39.2 Å². The summed E-state index contributed by atoms with van der Waals surface area (Å²) in [5.41, 5.74) is 10.5. The predicted octanol–water partition coefficient (Wildman–Crippen LogP) is 2.09. The summed E-state index contributed by atoms with van der Waals surface area (Å²) in [6.07, 6.45) is 1.89. The molecule has 2 rings (SSSR count). The number of nitrogens with zero attached hydrogens (tertiary/aromatic N) is 2. The Morgan fingerprint density at radius 2 is 2.06 bits per heavy atom. The largest absolute Gasteiger partial charge is 0.496 e. The van der Waals surface area contributed by atoms with Gasteiger partial charge >= 0.3 is 0 Å². The minimum absolute atomic E-state index is 0.262. The van der Waals surface area contributed by atoms with Gasteiger partial charge in [-0.05, 0) is 37.1 Å². The van der Waals surface area contributed by atoms with E-state index in [0.29, 0.717) is 0 Å². The molecule has 2 N–H and O–H groups in total. The highest BCUT2D eigenvalue weighted by molar-refractivity contribution is 5.47. The lowest BCUT2D eigenvalue weighted by Crippen LogP contribution is -2.15. The lowest BCUT2D eigenvalue weighted by Gasteiger charge is -2.17. The normalized spacial score (nSPS) is 12.5. The molecule has 4 nitrogen and oxygen atoms in total. The Morgan fingerprint density at radius 1 is 1.33 bits per heavy atom. The predicted molar refractivity (Wildman–Crippen MR) is 71.7 cm³/mol. The molecule has 18 heavy (non-hydrogen) atoms. The Morgan fingerprint density at radius 3 is 2.61 bits per heavy atom. The SMILES string of the molecule is COc1cc(C)cc(C)c1C(N)c1ccn(C)n1. The average molecular weight is 245 g/mol. The number of ether oxygens (including phenoxy) is 1. The molecule has 2 aromatic rings. The average Bonchev–Trinajstić information content (AvgIpc) is 2.74. The molecule has 0 saturated carbocycles. The number of rotatable bonds is 3. The maximum Gasteiger partial charge on any atom is 0.124 e. The van der Waals surface area contributed by atoms with Crippen LogP contribution in [0.5, 0.6) is 5.75 Å². The van der Waals surface area contributed by atoms with E-state index in [4.69, 9.17) is 10.5 Å². The number of hydrogen-bond acceptors (Lipinski definition) is 3. The lowest BCUT2D eigenvalue weighted by atomic mass is 9.96. The first kappa shape index (κ1) is 12.6. The van der Waals surface area contributed by atoms with Crippen LogP contribution < -0.4 is 10.5 Å². The van der Waals surface area contributed by atoms with E-state index in [2.05, 4.69) is 11.2 Å². The summed E-state index contributed by atoms with van der Waals surface area (Å²) >= 11 is 0. The molecule has 0 amide bonds. The van der Waals surface area contributed by atoms with E-state index < -0.39 is 0 Å². The number of nitrogens with two attached hydrogens (primary N) is 1. The zero-order valence-electron chi connectivity index (χ0n) is 11.3. The van der Waals surface area contributed by atoms with E-state index in [-0.39, 0.29) is 6.04 Å². The van der Waals surface area contributed by atoms with Crippen LogP contribution >= 0.6 is 0 Å². The van der Waals surface area contributed by atoms with E-state index in [1.165, 1.54) is 5.56 Å². The van der Waals surface area contributed by atoms with Crippen LogP contribution in [-0.2, 0) is 7.05 Å². The topological polar surface area (TPSA) is 53.1 Å². The number of aromatic nitrogens is 2. The highest BCUT2D eigenvalue weighted by Gasteiger charge is 2.19. The van der Waals surface area contributed by atoms with E-state index >= 15 is 0 Å². The van der Waals surface area contributed by atoms with Crippen LogP contribution in [0.25, 0.3) is 0 Å². The van der Waals surface area contributed by atoms with Crippen molar-refractivity contribution in [2.45, 2.75) is 19.9 Å². The van der Waals surface area contributed by atoms with Gasteiger partial charge in [0.05, 0.1) is 18.8 Å². The van der Waals surface area contributed by atoms with Crippen molar-refractivity contribution in [1.29, 1.82) is 0 Å². The van der Waals surface area contributed by atoms with Gasteiger partial charge in [0.2, 0.25) is 0 Å². The summed E-state index contributed by atoms with van der Waals surface area (Å²) in [5.74, 6) is 0.825. The molecule has 0 aliphatic carbocycles. The fourth-order valence-corrected chi connectivity index (χ4v) is 2.25. The highest BCUT2D eigenvalue weighted by atomic mass is 16.5. The second kappa shape index (κ2) is 4.82. The molecule has 0 aliphatic heterocycles. The minimum Gasteiger partial charge on any atom is -0.496 e. The Kier molecular flexibility index (Phi) is 3.39. The van der Waals surface area contributed by atoms with Gasteiger partial charge in [-0.25, -0.2) is 0 Å². The molecule has 0 fully saturated rings. The first-order valence-electron chi connectivity index (χ1n) is 5.93. The summed E-state index contributed by atoms with van der Waals surface area (Å²) in [4.78, 5) is 0. The number of aryl methyl sites for hydroxylation is 3. The van der Waals surface area contributed by atoms with Crippen LogP contribution in [0.4, 0.5) is 0 Å². The van der Waals surface area contributed by atoms with Crippen molar-refractivity contribution in [1.82, 2.24) is 9.78 Å². The van der Waals surface area contributed by atoms with Crippen molar-refractivity contribution >= 4 is 0 Å². The molecule has 4 heteroatoms. The maximum absolute atomic E-state index is 6.30. The van der Waals surface area contributed by atoms with E-state index in [9.17, 15) is 0 Å². The van der Waals surface area contributed by atoms with Crippen molar-refractivity contribution < 1.29 is 4.74 Å². The molecular formula is C14H19N3O. The van der Waals surface area contributed by atoms with Crippen LogP contribution in [0.15, 0.2) is 24.4 Å². The van der Waals surface area contributed by atoms with E-state index in [1.54, 1.807) is 11.8 Å². The van der Waals surface area contributed by atoms with Crippen LogP contribution in [0.2, 0.25) is 0 Å². The van der Waals surface area contributed by atoms with Gasteiger partial charge in [-0.15, -0.1) is 0 Å². The third kappa shape index (κ3) is 2.24. The quantitative estimate of drug-likeness (QED) is 0.901. The van der Waals surface area contributed by atoms with Crippen LogP contribution in [0, 0.1) is 13.8 Å². The molecule has 0 spiro atoms. The fraction of sp³-hybridized carbons (Fsp3) is 0.357. The standard InChI is InChI=1S/C14H19N3O/c1-9-7-10(2)13(12(8-9)18-4)14(15)11-5-6-17(3)16-11/h5-8,14H,15H2,1-4H3. The molecule has 1 aromatic heterocycles. The Balaban J connectivity index is 2.50. The van der Waals surface area contributed by atoms with Gasteiger partial charge in [-0.3, -0.25) is 4.68 Å². The molecule has 1 unspecified atom stereocenters. The molecule has 0 bridgehead atoms. The zero-order chi connectivity index (χ0) is 13.3. The molecule has 0 aliphatic rings. The van der Waals surface area contributed by atoms with Gasteiger partial charge in [0, 0.05) is 18.8 Å². The first-order chi connectivity index (χ1) is 8.52. The molecule has 96 valence electrons. The smallest absolute Gasteiger partial charge is 0.124 e. The van der Waals surface area contributed by atoms with Gasteiger partial charge < -0.3 is 10.5 Å². The lowest BCUT2D eigenvalue weighted by molar-refractivity contribution is 0.406. The van der Waals surface area contributed by atoms with Crippen molar-refractivity contribution in [3.63, 3.8) is 0 Å². The Bertz CT molecular complexity index is 560. The monoisotopic (exact) mass is 245 g/mol. The molecule has 0 radical (unpaired) electrons. The number of hydrogen-bond donors (Lipinski definition) is 1. The van der Waals surface area contributed by atoms with Crippen molar-refractivity contribution in [2.24, 2.45) is 12.8 Å². The van der Waals surface area contributed by atoms with Crippen molar-refractivity contribution in [2.75, 3.05) is 7.11 Å². The Labute approximate surface area is 107 Å². The van der Waals surface area contributed by atoms with Gasteiger partial charge in [0.25, 0.3) is 0 Å². The van der Waals surface area contributed by atoms with Crippen LogP contribution in [0.3, 0.4) is 0 Å². The highest BCUT2D eigenvalue weighted by Crippen LogP contribution is 2.31. The third-order valence-electron chi connectivity index (χ3n) is 3.08. The summed E-state index contributed by atoms with van der Waals surface area (Å²) in [6, 6.07) is 5.79. The zero-order valence-corrected chi connectivity index (χ0v) is 11.3. The summed E-state index contributed by atoms with van der Waals surface area (Å²) in [7, 11) is 3.55. The summed E-state index contributed by atoms with van der Waals surface area (Å²) in [5, 5.41) is 4.36. The number of benzene rings is 1. The summed E-state index contributed by atoms with van der Waals surface area (Å²) < 4.78 is 7.20. The molecule has 1 atom stereocenters. The van der Waals surface area contributed by atoms with E-state index in [0.717, 1.165) is 22.6 Å². The van der Waals surface area contributed by atoms with Crippen molar-refractivity contribution in [3.8, 4) is 5.75 Å². The van der Waals surface area contributed by atoms with Crippen LogP contribution in [0.1, 0.15) is 28.4 Å². The molecule has 1 aromatic carbocycles.